The van der Waals surface area contributed by atoms with Crippen molar-refractivity contribution >= 4 is 10.9 Å². The summed E-state index contributed by atoms with van der Waals surface area (Å²) >= 11 is 0. The van der Waals surface area contributed by atoms with Crippen LogP contribution in [0, 0.1) is 5.92 Å². The first-order valence-electron chi connectivity index (χ1n) is 8.18. The van der Waals surface area contributed by atoms with Gasteiger partial charge in [-0.25, -0.2) is 0 Å². The molecule has 1 aliphatic carbocycles. The predicted octanol–water partition coefficient (Wildman–Crippen LogP) is 4.10. The van der Waals surface area contributed by atoms with Gasteiger partial charge in [-0.1, -0.05) is 62.8 Å². The highest BCUT2D eigenvalue weighted by atomic mass is 15.2. The van der Waals surface area contributed by atoms with Crippen molar-refractivity contribution < 1.29 is 0 Å². The molecule has 1 atom stereocenters. The van der Waals surface area contributed by atoms with Gasteiger partial charge in [-0.05, 0) is 24.0 Å². The number of fused-ring (bicyclic) bond motifs is 1. The van der Waals surface area contributed by atoms with E-state index < -0.39 is 0 Å². The van der Waals surface area contributed by atoms with Crippen molar-refractivity contribution in [3.05, 3.63) is 42.1 Å². The quantitative estimate of drug-likeness (QED) is 0.504. The Labute approximate surface area is 126 Å². The van der Waals surface area contributed by atoms with Crippen molar-refractivity contribution in [2.75, 3.05) is 0 Å². The maximum Gasteiger partial charge on any atom is 0.0750 e. The third-order valence-electron chi connectivity index (χ3n) is 4.78. The van der Waals surface area contributed by atoms with Gasteiger partial charge in [0.15, 0.2) is 0 Å². The number of aromatic nitrogens is 1. The van der Waals surface area contributed by atoms with E-state index in [9.17, 15) is 0 Å². The minimum atomic E-state index is 0.201. The van der Waals surface area contributed by atoms with Crippen molar-refractivity contribution in [1.82, 2.24) is 10.4 Å². The van der Waals surface area contributed by atoms with Crippen LogP contribution < -0.4 is 11.3 Å². The number of nitrogens with one attached hydrogen (secondary N) is 1. The number of hydrogen-bond donors (Lipinski definition) is 2. The number of benzene rings is 1. The molecule has 3 nitrogen and oxygen atoms in total. The molecule has 0 spiro atoms. The molecule has 3 heteroatoms. The largest absolute Gasteiger partial charge is 0.271 e. The Hall–Kier alpha value is -1.45. The lowest BCUT2D eigenvalue weighted by Crippen LogP contribution is -2.30. The number of nitrogens with two attached hydrogens (primary N) is 1. The van der Waals surface area contributed by atoms with E-state index in [0.29, 0.717) is 0 Å². The van der Waals surface area contributed by atoms with E-state index in [1.165, 1.54) is 49.5 Å². The summed E-state index contributed by atoms with van der Waals surface area (Å²) in [6, 6.07) is 10.7. The molecule has 3 rings (SSSR count). The van der Waals surface area contributed by atoms with E-state index in [1.54, 1.807) is 0 Å². The Morgan fingerprint density at radius 1 is 1.10 bits per heavy atom. The first kappa shape index (κ1) is 14.5. The molecule has 1 heterocycles. The van der Waals surface area contributed by atoms with Crippen LogP contribution >= 0.6 is 0 Å². The van der Waals surface area contributed by atoms with Crippen LogP contribution in [0.25, 0.3) is 10.9 Å². The predicted molar refractivity (Wildman–Crippen MR) is 87.6 cm³/mol. The van der Waals surface area contributed by atoms with Gasteiger partial charge in [0.2, 0.25) is 0 Å². The van der Waals surface area contributed by atoms with Gasteiger partial charge in [0.05, 0.1) is 5.52 Å². The lowest BCUT2D eigenvalue weighted by Gasteiger charge is -2.23. The summed E-state index contributed by atoms with van der Waals surface area (Å²) in [5, 5.41) is 1.19. The summed E-state index contributed by atoms with van der Waals surface area (Å²) < 4.78 is 0. The van der Waals surface area contributed by atoms with Crippen molar-refractivity contribution in [1.29, 1.82) is 0 Å². The second-order valence-electron chi connectivity index (χ2n) is 6.23. The summed E-state index contributed by atoms with van der Waals surface area (Å²) in [6.45, 7) is 0. The van der Waals surface area contributed by atoms with Gasteiger partial charge < -0.3 is 0 Å². The first-order chi connectivity index (χ1) is 10.4. The molecule has 112 valence electrons. The molecule has 3 N–H and O–H groups in total. The zero-order valence-corrected chi connectivity index (χ0v) is 12.6. The van der Waals surface area contributed by atoms with Crippen LogP contribution in [0.4, 0.5) is 0 Å². The van der Waals surface area contributed by atoms with Crippen LogP contribution in [-0.4, -0.2) is 4.98 Å². The highest BCUT2D eigenvalue weighted by Gasteiger charge is 2.20. The molecule has 0 bridgehead atoms. The molecule has 0 saturated heterocycles. The average Bonchev–Trinajstić information content (AvgIpc) is 2.81. The Morgan fingerprint density at radius 2 is 1.86 bits per heavy atom. The molecular weight excluding hydrogens is 258 g/mol. The van der Waals surface area contributed by atoms with Crippen molar-refractivity contribution in [2.45, 2.75) is 51.0 Å². The summed E-state index contributed by atoms with van der Waals surface area (Å²) in [5.74, 6) is 6.66. The van der Waals surface area contributed by atoms with Crippen LogP contribution in [0.15, 0.2) is 36.5 Å². The lowest BCUT2D eigenvalue weighted by molar-refractivity contribution is 0.360. The highest BCUT2D eigenvalue weighted by molar-refractivity contribution is 5.81. The summed E-state index contributed by atoms with van der Waals surface area (Å²) in [5.41, 5.74) is 5.35. The fraction of sp³-hybridized carbons (Fsp3) is 0.500. The zero-order valence-electron chi connectivity index (χ0n) is 12.6. The van der Waals surface area contributed by atoms with E-state index in [-0.39, 0.29) is 6.04 Å². The smallest absolute Gasteiger partial charge is 0.0750 e. The lowest BCUT2D eigenvalue weighted by atomic mass is 9.89. The van der Waals surface area contributed by atoms with Crippen LogP contribution in [-0.2, 0) is 0 Å². The third-order valence-corrected chi connectivity index (χ3v) is 4.78. The van der Waals surface area contributed by atoms with E-state index in [4.69, 9.17) is 5.84 Å². The minimum absolute atomic E-state index is 0.201. The molecule has 1 aromatic carbocycles. The van der Waals surface area contributed by atoms with Gasteiger partial charge in [-0.15, -0.1) is 0 Å². The molecule has 0 aliphatic heterocycles. The summed E-state index contributed by atoms with van der Waals surface area (Å²) in [7, 11) is 0. The van der Waals surface area contributed by atoms with Crippen LogP contribution in [0.2, 0.25) is 0 Å². The van der Waals surface area contributed by atoms with Crippen LogP contribution in [0.1, 0.15) is 56.6 Å². The zero-order chi connectivity index (χ0) is 14.5. The maximum absolute atomic E-state index is 5.87. The number of rotatable bonds is 4. The average molecular weight is 283 g/mol. The monoisotopic (exact) mass is 283 g/mol. The second-order valence-corrected chi connectivity index (χ2v) is 6.23. The molecule has 1 fully saturated rings. The number of hydrazine groups is 1. The standard InChI is InChI=1S/C18H25N3/c19-21-17(13-14-7-3-1-2-4-8-14)16-11-5-9-15-10-6-12-20-18(15)16/h5-6,9-12,14,17,21H,1-4,7-8,13,19H2. The van der Waals surface area contributed by atoms with Gasteiger partial charge in [-0.2, -0.15) is 0 Å². The summed E-state index contributed by atoms with van der Waals surface area (Å²) in [6.07, 6.45) is 11.2. The Kier molecular flexibility index (Phi) is 4.84. The molecule has 0 radical (unpaired) electrons. The van der Waals surface area contributed by atoms with Gasteiger partial charge in [-0.3, -0.25) is 16.3 Å². The topological polar surface area (TPSA) is 50.9 Å². The molecule has 1 aromatic heterocycles. The van der Waals surface area contributed by atoms with E-state index in [1.807, 2.05) is 12.3 Å². The number of nitrogens with zero attached hydrogens (tertiary/aromatic N) is 1. The Bertz CT molecular complexity index is 568. The SMILES string of the molecule is NNC(CC1CCCCCC1)c1cccc2cccnc12. The molecule has 0 amide bonds. The van der Waals surface area contributed by atoms with Gasteiger partial charge in [0.1, 0.15) is 0 Å². The van der Waals surface area contributed by atoms with Crippen LogP contribution in [0.3, 0.4) is 0 Å². The number of para-hydroxylation sites is 1. The van der Waals surface area contributed by atoms with Crippen molar-refractivity contribution in [3.63, 3.8) is 0 Å². The van der Waals surface area contributed by atoms with Gasteiger partial charge >= 0.3 is 0 Å². The molecule has 1 saturated carbocycles. The summed E-state index contributed by atoms with van der Waals surface area (Å²) in [4.78, 5) is 4.57. The Morgan fingerprint density at radius 3 is 2.62 bits per heavy atom. The van der Waals surface area contributed by atoms with E-state index in [2.05, 4.69) is 34.7 Å². The molecule has 21 heavy (non-hydrogen) atoms. The first-order valence-corrected chi connectivity index (χ1v) is 8.18. The fourth-order valence-electron chi connectivity index (χ4n) is 3.63. The molecule has 1 aliphatic rings. The van der Waals surface area contributed by atoms with Gasteiger partial charge in [0, 0.05) is 17.6 Å². The third kappa shape index (κ3) is 3.42. The fourth-order valence-corrected chi connectivity index (χ4v) is 3.63. The van der Waals surface area contributed by atoms with Gasteiger partial charge in [0.25, 0.3) is 0 Å². The second kappa shape index (κ2) is 7.01. The highest BCUT2D eigenvalue weighted by Crippen LogP contribution is 2.32. The normalized spacial score (nSPS) is 18.5. The van der Waals surface area contributed by atoms with E-state index in [0.717, 1.165) is 17.9 Å². The van der Waals surface area contributed by atoms with Crippen LogP contribution in [0.5, 0.6) is 0 Å². The molecular formula is C18H25N3. The number of hydrogen-bond acceptors (Lipinski definition) is 3. The maximum atomic E-state index is 5.87. The Balaban J connectivity index is 1.84. The number of pyridine rings is 1. The van der Waals surface area contributed by atoms with Crippen molar-refractivity contribution in [2.24, 2.45) is 11.8 Å². The van der Waals surface area contributed by atoms with Crippen molar-refractivity contribution in [3.8, 4) is 0 Å². The van der Waals surface area contributed by atoms with E-state index >= 15 is 0 Å². The molecule has 1 unspecified atom stereocenters. The minimum Gasteiger partial charge on any atom is -0.271 e. The molecule has 2 aromatic rings.